The highest BCUT2D eigenvalue weighted by Crippen LogP contribution is 2.16. The number of likely N-dealkylation sites (tertiary alicyclic amines) is 1. The van der Waals surface area contributed by atoms with Crippen LogP contribution in [-0.2, 0) is 4.79 Å². The fraction of sp³-hybridized carbons (Fsp3) is 0.579. The summed E-state index contributed by atoms with van der Waals surface area (Å²) >= 11 is 0. The van der Waals surface area contributed by atoms with Crippen molar-refractivity contribution >= 4 is 17.5 Å². The molecule has 1 saturated heterocycles. The van der Waals surface area contributed by atoms with E-state index in [1.807, 2.05) is 30.9 Å². The Labute approximate surface area is 144 Å². The van der Waals surface area contributed by atoms with E-state index in [1.54, 1.807) is 12.1 Å². The van der Waals surface area contributed by atoms with Crippen LogP contribution in [0.25, 0.3) is 0 Å². The summed E-state index contributed by atoms with van der Waals surface area (Å²) in [6, 6.07) is 7.43. The average molecular weight is 331 g/mol. The molecule has 1 aromatic rings. The molecule has 132 valence electrons. The van der Waals surface area contributed by atoms with Gasteiger partial charge in [0.05, 0.1) is 6.54 Å². The molecule has 1 aliphatic rings. The Hall–Kier alpha value is -2.04. The number of piperidine rings is 1. The average Bonchev–Trinajstić information content (AvgIpc) is 2.60. The summed E-state index contributed by atoms with van der Waals surface area (Å²) in [6.45, 7) is 8.28. The highest BCUT2D eigenvalue weighted by Gasteiger charge is 2.19. The third-order valence-corrected chi connectivity index (χ3v) is 4.72. The van der Waals surface area contributed by atoms with E-state index in [-0.39, 0.29) is 17.9 Å². The number of hydrogen-bond donors (Lipinski definition) is 2. The molecule has 0 saturated carbocycles. The van der Waals surface area contributed by atoms with Crippen LogP contribution in [0.3, 0.4) is 0 Å². The molecule has 5 heteroatoms. The van der Waals surface area contributed by atoms with Crippen LogP contribution in [0.5, 0.6) is 0 Å². The first-order chi connectivity index (χ1) is 11.5. The van der Waals surface area contributed by atoms with E-state index in [9.17, 15) is 9.59 Å². The molecule has 2 amide bonds. The van der Waals surface area contributed by atoms with E-state index in [4.69, 9.17) is 0 Å². The molecule has 1 unspecified atom stereocenters. The van der Waals surface area contributed by atoms with Gasteiger partial charge in [0.25, 0.3) is 5.91 Å². The SMILES string of the molecule is CCC(C)NC(=O)c1ccc(NCC(=O)N2CCC(C)CC2)cc1. The van der Waals surface area contributed by atoms with Gasteiger partial charge in [-0.05, 0) is 56.4 Å². The van der Waals surface area contributed by atoms with Crippen molar-refractivity contribution in [1.82, 2.24) is 10.2 Å². The summed E-state index contributed by atoms with van der Waals surface area (Å²) in [4.78, 5) is 26.2. The van der Waals surface area contributed by atoms with Gasteiger partial charge in [0, 0.05) is 30.4 Å². The lowest BCUT2D eigenvalue weighted by Crippen LogP contribution is -2.40. The van der Waals surface area contributed by atoms with E-state index in [0.29, 0.717) is 12.1 Å². The predicted octanol–water partition coefficient (Wildman–Crippen LogP) is 2.89. The van der Waals surface area contributed by atoms with Gasteiger partial charge >= 0.3 is 0 Å². The third-order valence-electron chi connectivity index (χ3n) is 4.72. The zero-order chi connectivity index (χ0) is 17.5. The number of amides is 2. The number of nitrogens with one attached hydrogen (secondary N) is 2. The second-order valence-electron chi connectivity index (χ2n) is 6.78. The van der Waals surface area contributed by atoms with Gasteiger partial charge < -0.3 is 15.5 Å². The molecule has 1 aliphatic heterocycles. The summed E-state index contributed by atoms with van der Waals surface area (Å²) < 4.78 is 0. The van der Waals surface area contributed by atoms with Crippen LogP contribution < -0.4 is 10.6 Å². The smallest absolute Gasteiger partial charge is 0.251 e. The summed E-state index contributed by atoms with van der Waals surface area (Å²) in [6.07, 6.45) is 3.08. The van der Waals surface area contributed by atoms with Gasteiger partial charge in [-0.25, -0.2) is 0 Å². The Kier molecular flexibility index (Phi) is 6.64. The standard InChI is InChI=1S/C19H29N3O2/c1-4-15(3)21-19(24)16-5-7-17(8-6-16)20-13-18(23)22-11-9-14(2)10-12-22/h5-8,14-15,20H,4,9-13H2,1-3H3,(H,21,24). The third kappa shape index (κ3) is 5.25. The maximum atomic E-state index is 12.2. The van der Waals surface area contributed by atoms with Crippen molar-refractivity contribution in [1.29, 1.82) is 0 Å². The molecule has 0 aromatic heterocycles. The molecular formula is C19H29N3O2. The van der Waals surface area contributed by atoms with Gasteiger partial charge in [-0.2, -0.15) is 0 Å². The lowest BCUT2D eigenvalue weighted by Gasteiger charge is -2.30. The predicted molar refractivity (Wildman–Crippen MR) is 97.1 cm³/mol. The molecule has 2 N–H and O–H groups in total. The van der Waals surface area contributed by atoms with E-state index in [0.717, 1.165) is 44.0 Å². The van der Waals surface area contributed by atoms with Crippen LogP contribution in [0.4, 0.5) is 5.69 Å². The van der Waals surface area contributed by atoms with Gasteiger partial charge in [0.15, 0.2) is 0 Å². The molecule has 0 radical (unpaired) electrons. The number of hydrogen-bond acceptors (Lipinski definition) is 3. The van der Waals surface area contributed by atoms with Gasteiger partial charge in [0.2, 0.25) is 5.91 Å². The first-order valence-electron chi connectivity index (χ1n) is 8.92. The molecule has 1 fully saturated rings. The fourth-order valence-corrected chi connectivity index (χ4v) is 2.70. The number of carbonyl (C=O) groups excluding carboxylic acids is 2. The lowest BCUT2D eigenvalue weighted by molar-refractivity contribution is -0.130. The lowest BCUT2D eigenvalue weighted by atomic mass is 9.99. The minimum atomic E-state index is -0.0607. The molecule has 1 aromatic carbocycles. The van der Waals surface area contributed by atoms with Crippen molar-refractivity contribution in [2.24, 2.45) is 5.92 Å². The Morgan fingerprint density at radius 2 is 1.83 bits per heavy atom. The number of rotatable bonds is 6. The first kappa shape index (κ1) is 18.3. The highest BCUT2D eigenvalue weighted by atomic mass is 16.2. The Morgan fingerprint density at radius 3 is 2.42 bits per heavy atom. The summed E-state index contributed by atoms with van der Waals surface area (Å²) in [7, 11) is 0. The van der Waals surface area contributed by atoms with Crippen LogP contribution in [0.1, 0.15) is 50.4 Å². The summed E-state index contributed by atoms with van der Waals surface area (Å²) in [5, 5.41) is 6.09. The van der Waals surface area contributed by atoms with Crippen LogP contribution in [0, 0.1) is 5.92 Å². The summed E-state index contributed by atoms with van der Waals surface area (Å²) in [5.74, 6) is 0.797. The molecule has 5 nitrogen and oxygen atoms in total. The number of benzene rings is 1. The van der Waals surface area contributed by atoms with Crippen LogP contribution in [-0.4, -0.2) is 42.4 Å². The highest BCUT2D eigenvalue weighted by molar-refractivity contribution is 5.94. The van der Waals surface area contributed by atoms with Crippen LogP contribution in [0.15, 0.2) is 24.3 Å². The van der Waals surface area contributed by atoms with Crippen LogP contribution in [0.2, 0.25) is 0 Å². The van der Waals surface area contributed by atoms with Gasteiger partial charge in [-0.15, -0.1) is 0 Å². The largest absolute Gasteiger partial charge is 0.376 e. The zero-order valence-electron chi connectivity index (χ0n) is 15.0. The molecule has 0 bridgehead atoms. The van der Waals surface area contributed by atoms with Crippen molar-refractivity contribution < 1.29 is 9.59 Å². The number of carbonyl (C=O) groups is 2. The minimum absolute atomic E-state index is 0.0607. The maximum absolute atomic E-state index is 12.2. The van der Waals surface area contributed by atoms with Gasteiger partial charge in [0.1, 0.15) is 0 Å². The van der Waals surface area contributed by atoms with Gasteiger partial charge in [-0.3, -0.25) is 9.59 Å². The Balaban J connectivity index is 1.81. The second kappa shape index (κ2) is 8.71. The van der Waals surface area contributed by atoms with Crippen LogP contribution >= 0.6 is 0 Å². The van der Waals surface area contributed by atoms with Crippen molar-refractivity contribution in [3.8, 4) is 0 Å². The molecule has 24 heavy (non-hydrogen) atoms. The van der Waals surface area contributed by atoms with Crippen molar-refractivity contribution in [2.45, 2.75) is 46.1 Å². The monoisotopic (exact) mass is 331 g/mol. The second-order valence-corrected chi connectivity index (χ2v) is 6.78. The van der Waals surface area contributed by atoms with Crippen molar-refractivity contribution in [3.63, 3.8) is 0 Å². The van der Waals surface area contributed by atoms with Crippen molar-refractivity contribution in [2.75, 3.05) is 25.0 Å². The molecule has 0 spiro atoms. The zero-order valence-corrected chi connectivity index (χ0v) is 15.0. The normalized spacial score (nSPS) is 16.5. The van der Waals surface area contributed by atoms with E-state index in [2.05, 4.69) is 17.6 Å². The molecule has 2 rings (SSSR count). The van der Waals surface area contributed by atoms with Crippen molar-refractivity contribution in [3.05, 3.63) is 29.8 Å². The van der Waals surface area contributed by atoms with E-state index >= 15 is 0 Å². The Morgan fingerprint density at radius 1 is 1.21 bits per heavy atom. The fourth-order valence-electron chi connectivity index (χ4n) is 2.70. The van der Waals surface area contributed by atoms with E-state index in [1.165, 1.54) is 0 Å². The quantitative estimate of drug-likeness (QED) is 0.842. The molecular weight excluding hydrogens is 302 g/mol. The summed E-state index contributed by atoms with van der Waals surface area (Å²) in [5.41, 5.74) is 1.49. The Bertz CT molecular complexity index is 548. The topological polar surface area (TPSA) is 61.4 Å². The minimum Gasteiger partial charge on any atom is -0.376 e. The molecule has 0 aliphatic carbocycles. The van der Waals surface area contributed by atoms with Gasteiger partial charge in [-0.1, -0.05) is 13.8 Å². The molecule has 1 heterocycles. The van der Waals surface area contributed by atoms with E-state index < -0.39 is 0 Å². The number of anilines is 1. The first-order valence-corrected chi connectivity index (χ1v) is 8.92. The molecule has 1 atom stereocenters. The number of nitrogens with zero attached hydrogens (tertiary/aromatic N) is 1. The maximum Gasteiger partial charge on any atom is 0.251 e.